The van der Waals surface area contributed by atoms with Crippen LogP contribution in [0.3, 0.4) is 0 Å². The molecule has 0 amide bonds. The highest BCUT2D eigenvalue weighted by atomic mass is 19.1. The highest BCUT2D eigenvalue weighted by Gasteiger charge is 2.12. The van der Waals surface area contributed by atoms with Gasteiger partial charge < -0.3 is 14.4 Å². The van der Waals surface area contributed by atoms with Gasteiger partial charge in [-0.3, -0.25) is 0 Å². The van der Waals surface area contributed by atoms with Crippen LogP contribution in [0.1, 0.15) is 5.56 Å². The van der Waals surface area contributed by atoms with E-state index >= 15 is 0 Å². The first-order valence-electron chi connectivity index (χ1n) is 6.30. The van der Waals surface area contributed by atoms with E-state index in [1.807, 2.05) is 23.9 Å². The van der Waals surface area contributed by atoms with Gasteiger partial charge in [0.1, 0.15) is 12.4 Å². The van der Waals surface area contributed by atoms with E-state index in [2.05, 4.69) is 0 Å². The summed E-state index contributed by atoms with van der Waals surface area (Å²) in [5, 5.41) is 10.2. The number of aromatic nitrogens is 1. The number of ether oxygens (including phenoxy) is 1. The first-order valence-corrected chi connectivity index (χ1v) is 6.30. The van der Waals surface area contributed by atoms with Gasteiger partial charge in [0.25, 0.3) is 0 Å². The minimum atomic E-state index is -0.265. The summed E-state index contributed by atoms with van der Waals surface area (Å²) in [6.45, 7) is 0.204. The molecule has 3 nitrogen and oxygen atoms in total. The maximum Gasteiger partial charge on any atom is 0.161 e. The second kappa shape index (κ2) is 4.89. The highest BCUT2D eigenvalue weighted by molar-refractivity contribution is 5.84. The summed E-state index contributed by atoms with van der Waals surface area (Å²) >= 11 is 0. The summed E-state index contributed by atoms with van der Waals surface area (Å²) in [7, 11) is 1.87. The number of hydrogen-bond acceptors (Lipinski definition) is 2. The summed E-state index contributed by atoms with van der Waals surface area (Å²) < 4.78 is 21.4. The monoisotopic (exact) mass is 271 g/mol. The molecule has 4 heteroatoms. The summed E-state index contributed by atoms with van der Waals surface area (Å²) in [5.41, 5.74) is 1.57. The molecular formula is C16H14FNO2. The molecule has 0 saturated carbocycles. The Kier molecular flexibility index (Phi) is 3.06. The summed E-state index contributed by atoms with van der Waals surface area (Å²) in [4.78, 5) is 0. The minimum absolute atomic E-state index is 0.0770. The molecule has 3 aromatic rings. The number of phenolic OH excluding ortho intramolecular Hbond substituents is 1. The molecule has 0 bridgehead atoms. The van der Waals surface area contributed by atoms with E-state index in [1.54, 1.807) is 30.3 Å². The highest BCUT2D eigenvalue weighted by Crippen LogP contribution is 2.28. The molecule has 0 fully saturated rings. The van der Waals surface area contributed by atoms with Crippen molar-refractivity contribution in [1.82, 2.24) is 4.57 Å². The van der Waals surface area contributed by atoms with Crippen molar-refractivity contribution in [1.29, 1.82) is 0 Å². The molecule has 0 atom stereocenters. The minimum Gasteiger partial charge on any atom is -0.504 e. The van der Waals surface area contributed by atoms with Crippen LogP contribution in [0.5, 0.6) is 11.5 Å². The zero-order valence-corrected chi connectivity index (χ0v) is 11.0. The van der Waals surface area contributed by atoms with Crippen molar-refractivity contribution in [2.75, 3.05) is 0 Å². The van der Waals surface area contributed by atoms with E-state index in [0.29, 0.717) is 11.1 Å². The van der Waals surface area contributed by atoms with Crippen LogP contribution in [0, 0.1) is 5.82 Å². The zero-order chi connectivity index (χ0) is 14.1. The van der Waals surface area contributed by atoms with E-state index in [4.69, 9.17) is 4.74 Å². The van der Waals surface area contributed by atoms with Gasteiger partial charge in [-0.15, -0.1) is 0 Å². The van der Waals surface area contributed by atoms with Crippen molar-refractivity contribution in [3.63, 3.8) is 0 Å². The Labute approximate surface area is 115 Å². The van der Waals surface area contributed by atoms with Crippen LogP contribution >= 0.6 is 0 Å². The van der Waals surface area contributed by atoms with Crippen LogP contribution in [0.25, 0.3) is 10.9 Å². The number of rotatable bonds is 3. The lowest BCUT2D eigenvalue weighted by Gasteiger charge is -2.07. The lowest BCUT2D eigenvalue weighted by Crippen LogP contribution is -1.95. The fourth-order valence-electron chi connectivity index (χ4n) is 2.34. The Bertz CT molecular complexity index is 764. The molecule has 1 heterocycles. The number of aromatic hydroxyl groups is 1. The van der Waals surface area contributed by atoms with Gasteiger partial charge in [0.05, 0.1) is 5.52 Å². The number of benzene rings is 2. The van der Waals surface area contributed by atoms with Crippen LogP contribution in [0.2, 0.25) is 0 Å². The molecule has 0 saturated heterocycles. The van der Waals surface area contributed by atoms with Crippen molar-refractivity contribution >= 4 is 10.9 Å². The van der Waals surface area contributed by atoms with Crippen molar-refractivity contribution in [3.05, 3.63) is 60.0 Å². The molecule has 1 aromatic heterocycles. The largest absolute Gasteiger partial charge is 0.504 e. The molecule has 1 N–H and O–H groups in total. The van der Waals surface area contributed by atoms with Gasteiger partial charge in [-0.05, 0) is 24.3 Å². The van der Waals surface area contributed by atoms with Gasteiger partial charge in [0, 0.05) is 24.2 Å². The van der Waals surface area contributed by atoms with E-state index in [-0.39, 0.29) is 18.2 Å². The summed E-state index contributed by atoms with van der Waals surface area (Å²) in [6, 6.07) is 11.7. The van der Waals surface area contributed by atoms with Gasteiger partial charge in [-0.2, -0.15) is 0 Å². The third-order valence-corrected chi connectivity index (χ3v) is 3.29. The van der Waals surface area contributed by atoms with Gasteiger partial charge in [-0.1, -0.05) is 18.2 Å². The summed E-state index contributed by atoms with van der Waals surface area (Å²) in [5.74, 6) is 0.202. The van der Waals surface area contributed by atoms with Crippen molar-refractivity contribution in [2.24, 2.45) is 7.05 Å². The number of aryl methyl sites for hydroxylation is 1. The number of fused-ring (bicyclic) bond motifs is 1. The van der Waals surface area contributed by atoms with Crippen molar-refractivity contribution in [3.8, 4) is 11.5 Å². The Morgan fingerprint density at radius 2 is 1.95 bits per heavy atom. The van der Waals surface area contributed by atoms with E-state index in [9.17, 15) is 9.50 Å². The van der Waals surface area contributed by atoms with Crippen molar-refractivity contribution < 1.29 is 14.2 Å². The normalized spacial score (nSPS) is 10.9. The number of halogens is 1. The van der Waals surface area contributed by atoms with Crippen LogP contribution in [-0.2, 0) is 13.7 Å². The fourth-order valence-corrected chi connectivity index (χ4v) is 2.34. The first kappa shape index (κ1) is 12.5. The van der Waals surface area contributed by atoms with Crippen LogP contribution < -0.4 is 4.74 Å². The average molecular weight is 271 g/mol. The second-order valence-electron chi connectivity index (χ2n) is 4.66. The number of hydrogen-bond donors (Lipinski definition) is 1. The molecule has 0 spiro atoms. The Hall–Kier alpha value is -2.49. The SMILES string of the molecule is Cn1cc(COc2ccccc2O)c2c(F)cccc21. The fraction of sp³-hybridized carbons (Fsp3) is 0.125. The Morgan fingerprint density at radius 3 is 2.75 bits per heavy atom. The third kappa shape index (κ3) is 2.09. The van der Waals surface area contributed by atoms with Crippen molar-refractivity contribution in [2.45, 2.75) is 6.61 Å². The van der Waals surface area contributed by atoms with Crippen LogP contribution in [-0.4, -0.2) is 9.67 Å². The number of nitrogens with zero attached hydrogens (tertiary/aromatic N) is 1. The summed E-state index contributed by atoms with van der Waals surface area (Å²) in [6.07, 6.45) is 1.84. The maximum absolute atomic E-state index is 13.9. The molecule has 3 rings (SSSR count). The smallest absolute Gasteiger partial charge is 0.161 e. The van der Waals surface area contributed by atoms with E-state index in [1.165, 1.54) is 6.07 Å². The van der Waals surface area contributed by atoms with E-state index < -0.39 is 0 Å². The van der Waals surface area contributed by atoms with Gasteiger partial charge >= 0.3 is 0 Å². The first-order chi connectivity index (χ1) is 9.66. The maximum atomic E-state index is 13.9. The molecular weight excluding hydrogens is 257 g/mol. The van der Waals surface area contributed by atoms with E-state index in [0.717, 1.165) is 11.1 Å². The van der Waals surface area contributed by atoms with Gasteiger partial charge in [0.2, 0.25) is 0 Å². The predicted molar refractivity (Wildman–Crippen MR) is 75.3 cm³/mol. The topological polar surface area (TPSA) is 34.4 Å². The molecule has 20 heavy (non-hydrogen) atoms. The Balaban J connectivity index is 1.94. The molecule has 2 aromatic carbocycles. The molecule has 0 aliphatic rings. The molecule has 0 unspecified atom stereocenters. The third-order valence-electron chi connectivity index (χ3n) is 3.29. The predicted octanol–water partition coefficient (Wildman–Crippen LogP) is 3.60. The molecule has 0 radical (unpaired) electrons. The molecule has 102 valence electrons. The lowest BCUT2D eigenvalue weighted by molar-refractivity contribution is 0.290. The molecule has 0 aliphatic carbocycles. The standard InChI is InChI=1S/C16H14FNO2/c1-18-9-11(16-12(17)5-4-6-13(16)18)10-20-15-8-3-2-7-14(15)19/h2-9,19H,10H2,1H3. The molecule has 0 aliphatic heterocycles. The van der Waals surface area contributed by atoms with Gasteiger partial charge in [-0.25, -0.2) is 4.39 Å². The lowest BCUT2D eigenvalue weighted by atomic mass is 10.2. The number of phenols is 1. The Morgan fingerprint density at radius 1 is 1.15 bits per heavy atom. The average Bonchev–Trinajstić information content (AvgIpc) is 2.76. The zero-order valence-electron chi connectivity index (χ0n) is 11.0. The number of para-hydroxylation sites is 2. The second-order valence-corrected chi connectivity index (χ2v) is 4.66. The van der Waals surface area contributed by atoms with Crippen LogP contribution in [0.4, 0.5) is 4.39 Å². The quantitative estimate of drug-likeness (QED) is 0.789. The van der Waals surface area contributed by atoms with Gasteiger partial charge in [0.15, 0.2) is 11.5 Å². The van der Waals surface area contributed by atoms with Crippen LogP contribution in [0.15, 0.2) is 48.7 Å².